The third-order valence-electron chi connectivity index (χ3n) is 4.46. The summed E-state index contributed by atoms with van der Waals surface area (Å²) in [5.41, 5.74) is 0.472. The van der Waals surface area contributed by atoms with Gasteiger partial charge < -0.3 is 5.11 Å². The van der Waals surface area contributed by atoms with Crippen LogP contribution in [0.2, 0.25) is 0 Å². The Kier molecular flexibility index (Phi) is 4.41. The molecule has 0 aliphatic heterocycles. The molecule has 0 aromatic heterocycles. The normalized spacial score (nSPS) is 26.8. The predicted octanol–water partition coefficient (Wildman–Crippen LogP) is 4.21. The van der Waals surface area contributed by atoms with Crippen LogP contribution in [-0.4, -0.2) is 11.1 Å². The Labute approximate surface area is 117 Å². The summed E-state index contributed by atoms with van der Waals surface area (Å²) in [4.78, 5) is 11.4. The van der Waals surface area contributed by atoms with E-state index < -0.39 is 23.5 Å². The van der Waals surface area contributed by atoms with E-state index in [1.54, 1.807) is 0 Å². The van der Waals surface area contributed by atoms with Crippen LogP contribution in [-0.2, 0) is 4.79 Å². The van der Waals surface area contributed by atoms with Gasteiger partial charge >= 0.3 is 5.97 Å². The van der Waals surface area contributed by atoms with Gasteiger partial charge in [0.25, 0.3) is 0 Å². The Hall–Kier alpha value is -1.45. The first-order chi connectivity index (χ1) is 9.38. The highest BCUT2D eigenvalue weighted by molar-refractivity contribution is 5.71. The van der Waals surface area contributed by atoms with E-state index in [2.05, 4.69) is 13.8 Å². The smallest absolute Gasteiger partial charge is 0.307 e. The van der Waals surface area contributed by atoms with Crippen molar-refractivity contribution in [1.82, 2.24) is 0 Å². The Balaban J connectivity index is 2.33. The maximum absolute atomic E-state index is 13.4. The zero-order chi connectivity index (χ0) is 14.9. The van der Waals surface area contributed by atoms with Crippen molar-refractivity contribution in [3.8, 4) is 0 Å². The van der Waals surface area contributed by atoms with Gasteiger partial charge in [-0.15, -0.1) is 0 Å². The summed E-state index contributed by atoms with van der Waals surface area (Å²) in [5, 5.41) is 9.35. The van der Waals surface area contributed by atoms with Crippen LogP contribution in [0.1, 0.15) is 44.6 Å². The lowest BCUT2D eigenvalue weighted by atomic mass is 9.68. The lowest BCUT2D eigenvalue weighted by Gasteiger charge is -2.36. The van der Waals surface area contributed by atoms with Crippen LogP contribution in [0.25, 0.3) is 0 Å². The number of hydrogen-bond acceptors (Lipinski definition) is 1. The molecular weight excluding hydrogens is 262 g/mol. The van der Waals surface area contributed by atoms with E-state index in [1.807, 2.05) is 0 Å². The van der Waals surface area contributed by atoms with Crippen molar-refractivity contribution < 1.29 is 18.7 Å². The number of carboxylic acid groups (broad SMARTS) is 1. The molecule has 0 bridgehead atoms. The standard InChI is InChI=1S/C16H20F2O2/c1-9(2)10-3-4-14(16(19)20)15(7-10)11-5-12(17)8-13(18)6-11/h5-6,8-10,14-15H,3-4,7H2,1-2H3,(H,19,20). The van der Waals surface area contributed by atoms with Crippen molar-refractivity contribution in [3.63, 3.8) is 0 Å². The zero-order valence-corrected chi connectivity index (χ0v) is 11.8. The zero-order valence-electron chi connectivity index (χ0n) is 11.8. The molecule has 1 aromatic rings. The summed E-state index contributed by atoms with van der Waals surface area (Å²) >= 11 is 0. The van der Waals surface area contributed by atoms with Gasteiger partial charge in [-0.2, -0.15) is 0 Å². The summed E-state index contributed by atoms with van der Waals surface area (Å²) < 4.78 is 26.8. The highest BCUT2D eigenvalue weighted by Crippen LogP contribution is 2.43. The first-order valence-electron chi connectivity index (χ1n) is 7.07. The molecule has 1 N–H and O–H groups in total. The third kappa shape index (κ3) is 3.17. The molecule has 0 heterocycles. The molecule has 1 aliphatic rings. The van der Waals surface area contributed by atoms with Gasteiger partial charge in [0, 0.05) is 6.07 Å². The van der Waals surface area contributed by atoms with Crippen LogP contribution in [0.3, 0.4) is 0 Å². The van der Waals surface area contributed by atoms with Gasteiger partial charge in [-0.05, 0) is 54.7 Å². The number of benzene rings is 1. The van der Waals surface area contributed by atoms with E-state index in [1.165, 1.54) is 12.1 Å². The number of rotatable bonds is 3. The van der Waals surface area contributed by atoms with Crippen LogP contribution in [0.5, 0.6) is 0 Å². The monoisotopic (exact) mass is 282 g/mol. The summed E-state index contributed by atoms with van der Waals surface area (Å²) in [7, 11) is 0. The van der Waals surface area contributed by atoms with Crippen LogP contribution in [0.4, 0.5) is 8.78 Å². The molecule has 0 saturated heterocycles. The minimum absolute atomic E-state index is 0.307. The SMILES string of the molecule is CC(C)C1CCC(C(=O)O)C(c2cc(F)cc(F)c2)C1. The molecule has 0 spiro atoms. The van der Waals surface area contributed by atoms with Gasteiger partial charge in [-0.3, -0.25) is 4.79 Å². The average Bonchev–Trinajstić information content (AvgIpc) is 2.36. The Morgan fingerprint density at radius 1 is 1.20 bits per heavy atom. The second kappa shape index (κ2) is 5.90. The Morgan fingerprint density at radius 3 is 2.30 bits per heavy atom. The molecule has 3 unspecified atom stereocenters. The van der Waals surface area contributed by atoms with Gasteiger partial charge in [-0.25, -0.2) is 8.78 Å². The molecule has 2 rings (SSSR count). The summed E-state index contributed by atoms with van der Waals surface area (Å²) in [5.74, 6) is -2.16. The van der Waals surface area contributed by atoms with Crippen molar-refractivity contribution in [2.75, 3.05) is 0 Å². The van der Waals surface area contributed by atoms with Gasteiger partial charge in [0.2, 0.25) is 0 Å². The van der Waals surface area contributed by atoms with E-state index in [4.69, 9.17) is 0 Å². The van der Waals surface area contributed by atoms with Gasteiger partial charge in [0.1, 0.15) is 11.6 Å². The van der Waals surface area contributed by atoms with Gasteiger partial charge in [-0.1, -0.05) is 13.8 Å². The van der Waals surface area contributed by atoms with Crippen LogP contribution in [0.15, 0.2) is 18.2 Å². The summed E-state index contributed by atoms with van der Waals surface area (Å²) in [6.07, 6.45) is 2.11. The molecule has 0 radical (unpaired) electrons. The molecule has 1 fully saturated rings. The van der Waals surface area contributed by atoms with Crippen LogP contribution < -0.4 is 0 Å². The molecule has 1 aliphatic carbocycles. The van der Waals surface area contributed by atoms with Crippen molar-refractivity contribution in [2.45, 2.75) is 39.0 Å². The summed E-state index contributed by atoms with van der Waals surface area (Å²) in [6.45, 7) is 4.21. The van der Waals surface area contributed by atoms with E-state index in [0.29, 0.717) is 30.2 Å². The first kappa shape index (κ1) is 14.9. The molecular formula is C16H20F2O2. The molecule has 4 heteroatoms. The number of carbonyl (C=O) groups is 1. The Morgan fingerprint density at radius 2 is 1.80 bits per heavy atom. The van der Waals surface area contributed by atoms with Gasteiger partial charge in [0.05, 0.1) is 5.92 Å². The third-order valence-corrected chi connectivity index (χ3v) is 4.46. The van der Waals surface area contributed by atoms with Crippen molar-refractivity contribution in [2.24, 2.45) is 17.8 Å². The maximum atomic E-state index is 13.4. The minimum atomic E-state index is -0.873. The average molecular weight is 282 g/mol. The van der Waals surface area contributed by atoms with E-state index >= 15 is 0 Å². The van der Waals surface area contributed by atoms with E-state index in [0.717, 1.165) is 12.5 Å². The molecule has 20 heavy (non-hydrogen) atoms. The molecule has 3 atom stereocenters. The quantitative estimate of drug-likeness (QED) is 0.902. The van der Waals surface area contributed by atoms with Crippen LogP contribution >= 0.6 is 0 Å². The number of aliphatic carboxylic acids is 1. The van der Waals surface area contributed by atoms with Crippen molar-refractivity contribution >= 4 is 5.97 Å². The molecule has 1 aromatic carbocycles. The summed E-state index contributed by atoms with van der Waals surface area (Å²) in [6, 6.07) is 3.36. The fourth-order valence-electron chi connectivity index (χ4n) is 3.26. The van der Waals surface area contributed by atoms with Crippen LogP contribution in [0, 0.1) is 29.4 Å². The fourth-order valence-corrected chi connectivity index (χ4v) is 3.26. The number of hydrogen-bond donors (Lipinski definition) is 1. The Bertz CT molecular complexity index is 479. The molecule has 0 amide bonds. The highest BCUT2D eigenvalue weighted by Gasteiger charge is 2.37. The molecule has 1 saturated carbocycles. The second-order valence-electron chi connectivity index (χ2n) is 6.07. The van der Waals surface area contributed by atoms with E-state index in [9.17, 15) is 18.7 Å². The van der Waals surface area contributed by atoms with Crippen molar-refractivity contribution in [1.29, 1.82) is 0 Å². The number of carboxylic acids is 1. The number of halogens is 2. The predicted molar refractivity (Wildman–Crippen MR) is 72.4 cm³/mol. The maximum Gasteiger partial charge on any atom is 0.307 e. The fraction of sp³-hybridized carbons (Fsp3) is 0.562. The highest BCUT2D eigenvalue weighted by atomic mass is 19.1. The minimum Gasteiger partial charge on any atom is -0.481 e. The largest absolute Gasteiger partial charge is 0.481 e. The topological polar surface area (TPSA) is 37.3 Å². The second-order valence-corrected chi connectivity index (χ2v) is 6.07. The lowest BCUT2D eigenvalue weighted by molar-refractivity contribution is -0.144. The first-order valence-corrected chi connectivity index (χ1v) is 7.07. The lowest BCUT2D eigenvalue weighted by Crippen LogP contribution is -2.31. The molecule has 110 valence electrons. The van der Waals surface area contributed by atoms with Crippen molar-refractivity contribution in [3.05, 3.63) is 35.4 Å². The van der Waals surface area contributed by atoms with Gasteiger partial charge in [0.15, 0.2) is 0 Å². The van der Waals surface area contributed by atoms with E-state index in [-0.39, 0.29) is 5.92 Å². The molecule has 2 nitrogen and oxygen atoms in total.